The molecule has 0 N–H and O–H groups in total. The molecule has 150 heavy (non-hydrogen) atoms. The van der Waals surface area contributed by atoms with Gasteiger partial charge in [-0.3, -0.25) is 0 Å². The van der Waals surface area contributed by atoms with Gasteiger partial charge in [-0.2, -0.15) is 0 Å². The summed E-state index contributed by atoms with van der Waals surface area (Å²) in [5.41, 5.74) is 33.7. The summed E-state index contributed by atoms with van der Waals surface area (Å²) in [4.78, 5) is 17.4. The normalized spacial score (nSPS) is 12.0. The topological polar surface area (TPSA) is 29.1 Å². The van der Waals surface area contributed by atoms with Gasteiger partial charge in [-0.15, -0.1) is 45.3 Å². The van der Waals surface area contributed by atoms with Crippen molar-refractivity contribution >= 4 is 152 Å². The van der Waals surface area contributed by atoms with Crippen LogP contribution >= 0.6 is 72.9 Å². The van der Waals surface area contributed by atoms with E-state index in [1.165, 1.54) is 141 Å². The number of rotatable bonds is 11. The maximum Gasteiger partial charge on any atom is 0.147 e. The molecule has 0 fully saturated rings. The third kappa shape index (κ3) is 40.7. The highest BCUT2D eigenvalue weighted by atomic mass is 79.9. The molecule has 0 atom stereocenters. The van der Waals surface area contributed by atoms with Crippen molar-refractivity contribution in [1.29, 1.82) is 0 Å². The zero-order valence-corrected chi connectivity index (χ0v) is 93.7. The Bertz CT molecular complexity index is 6250. The van der Waals surface area contributed by atoms with Crippen molar-refractivity contribution in [2.45, 2.75) is 348 Å². The van der Waals surface area contributed by atoms with Crippen LogP contribution in [0.2, 0.25) is 5.02 Å². The quantitative estimate of drug-likeness (QED) is 0.128. The Balaban J connectivity index is -0.000000777. The molecule has 13 aromatic rings. The first-order valence-electron chi connectivity index (χ1n) is 48.8. The Hall–Kier alpha value is -10.7. The monoisotopic (exact) mass is 2190 g/mol. The fraction of sp³-hybridized carbons (Fsp3) is 0.375. The lowest BCUT2D eigenvalue weighted by molar-refractivity contribution is 0.430. The lowest BCUT2D eigenvalue weighted by Gasteiger charge is -2.31. The molecule has 0 radical (unpaired) electrons. The maximum atomic E-state index is 13.7. The highest BCUT2D eigenvalue weighted by Gasteiger charge is 2.25. The van der Waals surface area contributed by atoms with Crippen molar-refractivity contribution in [2.24, 2.45) is 0 Å². The molecule has 0 unspecified atom stereocenters. The van der Waals surface area contributed by atoms with E-state index in [4.69, 9.17) is 11.6 Å². The molecule has 0 saturated heterocycles. The van der Waals surface area contributed by atoms with Crippen molar-refractivity contribution < 1.29 is 8.78 Å². The van der Waals surface area contributed by atoms with Crippen LogP contribution in [0.1, 0.15) is 396 Å². The minimum atomic E-state index is -0.188. The molecule has 14 heteroatoms. The second-order valence-corrected chi connectivity index (χ2v) is 44.1. The van der Waals surface area contributed by atoms with Gasteiger partial charge >= 0.3 is 0 Å². The highest BCUT2D eigenvalue weighted by Crippen LogP contribution is 2.40. The van der Waals surface area contributed by atoms with Gasteiger partial charge in [0, 0.05) is 119 Å². The van der Waals surface area contributed by atoms with E-state index in [0.717, 1.165) is 50.3 Å². The number of thiophene rings is 3. The molecule has 6 nitrogen and oxygen atoms in total. The van der Waals surface area contributed by atoms with Gasteiger partial charge in [0.1, 0.15) is 11.6 Å². The summed E-state index contributed by atoms with van der Waals surface area (Å²) in [5, 5.41) is 10.0. The van der Waals surface area contributed by atoms with Crippen molar-refractivity contribution in [3.63, 3.8) is 0 Å². The molecular formula is C136H196BrClF2N6S4. The molecule has 0 bridgehead atoms. The maximum absolute atomic E-state index is 13.7. The van der Waals surface area contributed by atoms with Crippen LogP contribution in [0.5, 0.6) is 0 Å². The average Bonchev–Trinajstić information content (AvgIpc) is 1.65. The molecule has 18 rings (SSSR count). The van der Waals surface area contributed by atoms with E-state index in [1.54, 1.807) is 34.8 Å². The van der Waals surface area contributed by atoms with Gasteiger partial charge in [-0.1, -0.05) is 346 Å². The van der Waals surface area contributed by atoms with E-state index < -0.39 is 0 Å². The Morgan fingerprint density at radius 3 is 1.18 bits per heavy atom. The predicted octanol–water partition coefficient (Wildman–Crippen LogP) is 46.6. The van der Waals surface area contributed by atoms with Gasteiger partial charge in [0.25, 0.3) is 0 Å². The third-order valence-corrected chi connectivity index (χ3v) is 29.0. The lowest BCUT2D eigenvalue weighted by atomic mass is 9.97. The largest absolute Gasteiger partial charge is 0.345 e. The highest BCUT2D eigenvalue weighted by molar-refractivity contribution is 9.10. The van der Waals surface area contributed by atoms with E-state index in [1.807, 2.05) is 96.3 Å². The Labute approximate surface area is 946 Å². The van der Waals surface area contributed by atoms with Gasteiger partial charge in [-0.05, 0) is 361 Å². The molecule has 9 aromatic carbocycles. The Morgan fingerprint density at radius 1 is 0.300 bits per heavy atom. The molecule has 9 heterocycles. The number of aromatic nitrogens is 1. The summed E-state index contributed by atoms with van der Waals surface area (Å²) < 4.78 is 30.4. The number of aryl methyl sites for hydroxylation is 7. The molecule has 0 spiro atoms. The van der Waals surface area contributed by atoms with Crippen LogP contribution in [-0.2, 0) is 0 Å². The van der Waals surface area contributed by atoms with Crippen LogP contribution in [0, 0.1) is 54.3 Å². The van der Waals surface area contributed by atoms with Crippen LogP contribution in [0.15, 0.2) is 278 Å². The first kappa shape index (κ1) is 146. The van der Waals surface area contributed by atoms with E-state index >= 15 is 0 Å². The summed E-state index contributed by atoms with van der Waals surface area (Å²) >= 11 is 16.3. The number of hydrogen-bond donors (Lipinski definition) is 0. The van der Waals surface area contributed by atoms with Gasteiger partial charge < -0.3 is 24.5 Å². The van der Waals surface area contributed by atoms with E-state index in [0.29, 0.717) is 65.2 Å². The lowest BCUT2D eigenvalue weighted by Crippen LogP contribution is -2.26. The SMILES string of the molecule is C.C.C.C.C.C.C.C.C.C.C.C=C1c2ccc(C)cc2C=CN1C(C)C.C=C1c2ccccc2C(F)=CN1C(C)C.C=C1c2ccccc2C=CN1C(C)C.C=C1c2sccc2C=CN1C(C)C.C=C1c2scnc2C=CN1C(C)C.Cc1cc(Br)ccc1C(C)C.Cc1cc(Cl)ccc1C(C)C.Cc1cc2ccsc2cc1C(C)C.Cc1cc2sccc2cc1C(C)C.Cc1ccc(F)cc1C(C)C.Cc1ccccc1C(C)C. The minimum absolute atomic E-state index is 0. The number of hydrogen-bond acceptors (Lipinski definition) is 10. The van der Waals surface area contributed by atoms with Crippen LogP contribution in [0.25, 0.3) is 78.8 Å². The minimum Gasteiger partial charge on any atom is -0.345 e. The average molecular weight is 2200 g/mol. The second-order valence-electron chi connectivity index (χ2n) is 39.1. The van der Waals surface area contributed by atoms with Crippen LogP contribution in [0.3, 0.4) is 0 Å². The number of benzene rings is 9. The summed E-state index contributed by atoms with van der Waals surface area (Å²) in [6, 6.07) is 66.1. The van der Waals surface area contributed by atoms with Crippen LogP contribution in [0.4, 0.5) is 8.78 Å². The molecule has 4 aromatic heterocycles. The molecule has 0 amide bonds. The van der Waals surface area contributed by atoms with Gasteiger partial charge in [-0.25, -0.2) is 13.8 Å². The van der Waals surface area contributed by atoms with E-state index in [9.17, 15) is 8.78 Å². The Morgan fingerprint density at radius 2 is 0.687 bits per heavy atom. The van der Waals surface area contributed by atoms with E-state index in [2.05, 4.69) is 446 Å². The fourth-order valence-electron chi connectivity index (χ4n) is 17.1. The van der Waals surface area contributed by atoms with Gasteiger partial charge in [0.05, 0.1) is 32.4 Å². The first-order valence-corrected chi connectivity index (χ1v) is 53.5. The van der Waals surface area contributed by atoms with Gasteiger partial charge in [0.2, 0.25) is 0 Å². The molecule has 0 saturated carbocycles. The van der Waals surface area contributed by atoms with Gasteiger partial charge in [0.15, 0.2) is 0 Å². The molecule has 822 valence electrons. The number of nitrogens with zero attached hydrogens (tertiary/aromatic N) is 6. The van der Waals surface area contributed by atoms with Crippen molar-refractivity contribution in [1.82, 2.24) is 29.5 Å². The van der Waals surface area contributed by atoms with Crippen molar-refractivity contribution in [2.75, 3.05) is 0 Å². The molecular weight excluding hydrogens is 2000 g/mol. The fourth-order valence-corrected chi connectivity index (χ4v) is 21.1. The second kappa shape index (κ2) is 69.0. The summed E-state index contributed by atoms with van der Waals surface area (Å²) in [7, 11) is 0. The summed E-state index contributed by atoms with van der Waals surface area (Å²) in [5.74, 6) is 3.21. The summed E-state index contributed by atoms with van der Waals surface area (Å²) in [6.07, 6.45) is 18.4. The van der Waals surface area contributed by atoms with Crippen molar-refractivity contribution in [3.05, 3.63) is 416 Å². The number of fused-ring (bicyclic) bond motifs is 7. The Kier molecular flexibility index (Phi) is 67.0. The first-order chi connectivity index (χ1) is 65.7. The zero-order chi connectivity index (χ0) is 103. The zero-order valence-electron chi connectivity index (χ0n) is 88.1. The molecule has 5 aliphatic heterocycles. The molecule has 5 aliphatic rings. The predicted molar refractivity (Wildman–Crippen MR) is 695 cm³/mol. The number of halogens is 4. The van der Waals surface area contributed by atoms with E-state index in [-0.39, 0.29) is 99.4 Å². The summed E-state index contributed by atoms with van der Waals surface area (Å²) in [6.45, 7) is 83.2. The van der Waals surface area contributed by atoms with Crippen LogP contribution in [-0.4, -0.2) is 59.7 Å². The van der Waals surface area contributed by atoms with Crippen LogP contribution < -0.4 is 0 Å². The smallest absolute Gasteiger partial charge is 0.147 e. The molecule has 0 aliphatic carbocycles. The third-order valence-electron chi connectivity index (χ3n) is 24.6. The number of thiazole rings is 1. The van der Waals surface area contributed by atoms with Crippen molar-refractivity contribution in [3.8, 4) is 0 Å². The standard InChI is InChI=1S/C14H17N.C13H14FN.C13H15N.2C12H14S.C11H13NS.C10H13Br.C10H13Cl.C10H13F.C10H12N2S.C10H14.11CH4/c1-10(2)15-8-7-13-9-11(3)5-6-14(13)12(15)4;1-9(2)15-8-13(14)12-7-5-4-6-11(12)10(15)3;1-10(2)14-9-8-12-6-4-5-7-13(12)11(14)3;1-8(2)11-7-10-4-5-13-12(10)6-9(11)3;1-8(2)11-7-12-10(4-5-13-12)6-9(11)3;1-8(2)12-6-4-10-5-7-13-11(10)9(12)3;2*1-7(2)10-5-4-9(11)6-8(10)3;1-7(2)10-6-9(11)5-4-8(10)3;1-7(2)12-5-4-9-10(8(12)3)13-6-11-9;1-8(2)10-7-5-4-6-9(10)3;;;;;;;;;;;/h5-10H,4H2,1-3H3;4-9H,3H2,1-2H3;4-10H,3H2,1-2H3;2*4-8H,1-3H3;4-8H,3H2,1-2H3;3*4-7H,1-3H3;4-7H,3H2,1-2H3;4-8H,1-3H3;11*1H4.